The van der Waals surface area contributed by atoms with Gasteiger partial charge in [-0.15, -0.1) is 11.3 Å². The maximum absolute atomic E-state index is 10.5. The van der Waals surface area contributed by atoms with Gasteiger partial charge in [0, 0.05) is 17.7 Å². The van der Waals surface area contributed by atoms with E-state index in [0.717, 1.165) is 16.9 Å². The molecule has 2 heterocycles. The van der Waals surface area contributed by atoms with Crippen LogP contribution in [0, 0.1) is 0 Å². The van der Waals surface area contributed by atoms with E-state index in [2.05, 4.69) is 33.5 Å². The highest BCUT2D eigenvalue weighted by atomic mass is 32.1. The standard InChI is InChI=1S/C15H14N2O2S/c18-15(19)5-1-4-14-16-11-7-6-10(9-12(11)17-14)13-3-2-8-20-13/h2-3,6-9H,1,4-5H2,(H,16,17)(H,18,19). The number of nitrogens with zero attached hydrogens (tertiary/aromatic N) is 1. The van der Waals surface area contributed by atoms with Crippen LogP contribution in [0.2, 0.25) is 0 Å². The molecule has 0 aliphatic rings. The van der Waals surface area contributed by atoms with Gasteiger partial charge in [0.15, 0.2) is 0 Å². The monoisotopic (exact) mass is 286 g/mol. The molecular formula is C15H14N2O2S. The number of carboxylic acid groups (broad SMARTS) is 1. The van der Waals surface area contributed by atoms with Crippen LogP contribution in [0.3, 0.4) is 0 Å². The average molecular weight is 286 g/mol. The number of aromatic amines is 1. The minimum Gasteiger partial charge on any atom is -0.481 e. The molecule has 5 heteroatoms. The summed E-state index contributed by atoms with van der Waals surface area (Å²) in [4.78, 5) is 19.5. The molecule has 102 valence electrons. The molecule has 2 N–H and O–H groups in total. The highest BCUT2D eigenvalue weighted by Gasteiger charge is 2.06. The maximum Gasteiger partial charge on any atom is 0.303 e. The molecule has 3 aromatic rings. The van der Waals surface area contributed by atoms with Gasteiger partial charge in [-0.05, 0) is 35.6 Å². The largest absolute Gasteiger partial charge is 0.481 e. The molecule has 2 aromatic heterocycles. The molecule has 0 amide bonds. The van der Waals surface area contributed by atoms with Crippen LogP contribution in [-0.4, -0.2) is 21.0 Å². The first-order chi connectivity index (χ1) is 9.72. The Hall–Kier alpha value is -2.14. The van der Waals surface area contributed by atoms with Crippen molar-refractivity contribution in [3.63, 3.8) is 0 Å². The molecule has 0 radical (unpaired) electrons. The van der Waals surface area contributed by atoms with E-state index in [9.17, 15) is 4.79 Å². The number of hydrogen-bond donors (Lipinski definition) is 2. The second-order valence-electron chi connectivity index (χ2n) is 4.64. The third-order valence-electron chi connectivity index (χ3n) is 3.14. The molecular weight excluding hydrogens is 272 g/mol. The molecule has 3 rings (SSSR count). The Balaban J connectivity index is 1.82. The zero-order chi connectivity index (χ0) is 13.9. The Labute approximate surface area is 120 Å². The number of aryl methyl sites for hydroxylation is 1. The van der Waals surface area contributed by atoms with E-state index in [4.69, 9.17) is 5.11 Å². The Morgan fingerprint density at radius 2 is 2.25 bits per heavy atom. The topological polar surface area (TPSA) is 66.0 Å². The quantitative estimate of drug-likeness (QED) is 0.751. The van der Waals surface area contributed by atoms with Crippen LogP contribution in [0.25, 0.3) is 21.5 Å². The number of benzene rings is 1. The van der Waals surface area contributed by atoms with E-state index in [1.54, 1.807) is 11.3 Å². The predicted octanol–water partition coefficient (Wildman–Crippen LogP) is 3.70. The summed E-state index contributed by atoms with van der Waals surface area (Å²) in [6, 6.07) is 10.3. The van der Waals surface area contributed by atoms with Gasteiger partial charge in [-0.25, -0.2) is 4.98 Å². The summed E-state index contributed by atoms with van der Waals surface area (Å²) in [5, 5.41) is 10.7. The van der Waals surface area contributed by atoms with Gasteiger partial charge in [-0.1, -0.05) is 12.1 Å². The number of fused-ring (bicyclic) bond motifs is 1. The fraction of sp³-hybridized carbons (Fsp3) is 0.200. The Morgan fingerprint density at radius 1 is 1.35 bits per heavy atom. The summed E-state index contributed by atoms with van der Waals surface area (Å²) in [7, 11) is 0. The van der Waals surface area contributed by atoms with Crippen LogP contribution in [0.4, 0.5) is 0 Å². The number of aromatic nitrogens is 2. The lowest BCUT2D eigenvalue weighted by Crippen LogP contribution is -1.96. The van der Waals surface area contributed by atoms with Gasteiger partial charge in [-0.3, -0.25) is 4.79 Å². The summed E-state index contributed by atoms with van der Waals surface area (Å²) in [5.74, 6) is 0.0886. The van der Waals surface area contributed by atoms with E-state index < -0.39 is 5.97 Å². The Kier molecular flexibility index (Phi) is 3.52. The fourth-order valence-corrected chi connectivity index (χ4v) is 2.91. The molecule has 0 bridgehead atoms. The van der Waals surface area contributed by atoms with E-state index in [1.165, 1.54) is 10.4 Å². The second kappa shape index (κ2) is 5.46. The van der Waals surface area contributed by atoms with Gasteiger partial charge in [0.05, 0.1) is 11.0 Å². The van der Waals surface area contributed by atoms with Crippen molar-refractivity contribution in [2.75, 3.05) is 0 Å². The SMILES string of the molecule is O=C(O)CCCc1nc2ccc(-c3cccs3)cc2[nH]1. The number of carboxylic acids is 1. The molecule has 1 aromatic carbocycles. The van der Waals surface area contributed by atoms with Crippen LogP contribution in [-0.2, 0) is 11.2 Å². The molecule has 0 saturated carbocycles. The van der Waals surface area contributed by atoms with Crippen molar-refractivity contribution in [1.82, 2.24) is 9.97 Å². The zero-order valence-corrected chi connectivity index (χ0v) is 11.6. The molecule has 0 spiro atoms. The first-order valence-electron chi connectivity index (χ1n) is 6.47. The molecule has 4 nitrogen and oxygen atoms in total. The van der Waals surface area contributed by atoms with E-state index in [1.807, 2.05) is 12.1 Å². The van der Waals surface area contributed by atoms with Gasteiger partial charge in [0.2, 0.25) is 0 Å². The first-order valence-corrected chi connectivity index (χ1v) is 7.34. The number of carbonyl (C=O) groups is 1. The highest BCUT2D eigenvalue weighted by molar-refractivity contribution is 7.13. The lowest BCUT2D eigenvalue weighted by atomic mass is 10.2. The predicted molar refractivity (Wildman–Crippen MR) is 80.0 cm³/mol. The van der Waals surface area contributed by atoms with Crippen molar-refractivity contribution in [2.24, 2.45) is 0 Å². The summed E-state index contributed by atoms with van der Waals surface area (Å²) >= 11 is 1.71. The summed E-state index contributed by atoms with van der Waals surface area (Å²) in [5.41, 5.74) is 3.10. The number of imidazole rings is 1. The molecule has 0 fully saturated rings. The summed E-state index contributed by atoms with van der Waals surface area (Å²) in [6.45, 7) is 0. The maximum atomic E-state index is 10.5. The molecule has 0 aliphatic heterocycles. The molecule has 0 atom stereocenters. The van der Waals surface area contributed by atoms with Crippen molar-refractivity contribution in [3.05, 3.63) is 41.5 Å². The van der Waals surface area contributed by atoms with E-state index >= 15 is 0 Å². The molecule has 0 aliphatic carbocycles. The van der Waals surface area contributed by atoms with Crippen molar-refractivity contribution < 1.29 is 9.90 Å². The van der Waals surface area contributed by atoms with Gasteiger partial charge in [-0.2, -0.15) is 0 Å². The minimum absolute atomic E-state index is 0.178. The van der Waals surface area contributed by atoms with E-state index in [-0.39, 0.29) is 6.42 Å². The third kappa shape index (κ3) is 2.72. The lowest BCUT2D eigenvalue weighted by Gasteiger charge is -1.96. The zero-order valence-electron chi connectivity index (χ0n) is 10.8. The normalized spacial score (nSPS) is 11.0. The van der Waals surface area contributed by atoms with Crippen LogP contribution in [0.15, 0.2) is 35.7 Å². The Bertz CT molecular complexity index is 732. The lowest BCUT2D eigenvalue weighted by molar-refractivity contribution is -0.137. The molecule has 0 saturated heterocycles. The number of H-pyrrole nitrogens is 1. The van der Waals surface area contributed by atoms with Gasteiger partial charge in [0.25, 0.3) is 0 Å². The number of aliphatic carboxylic acids is 1. The Morgan fingerprint density at radius 3 is 3.00 bits per heavy atom. The van der Waals surface area contributed by atoms with Gasteiger partial charge in [0.1, 0.15) is 5.82 Å². The van der Waals surface area contributed by atoms with Crippen LogP contribution in [0.5, 0.6) is 0 Å². The number of rotatable bonds is 5. The van der Waals surface area contributed by atoms with Crippen molar-refractivity contribution in [3.8, 4) is 10.4 Å². The summed E-state index contributed by atoms with van der Waals surface area (Å²) in [6.07, 6.45) is 1.44. The summed E-state index contributed by atoms with van der Waals surface area (Å²) < 4.78 is 0. The smallest absolute Gasteiger partial charge is 0.303 e. The number of thiophene rings is 1. The molecule has 0 unspecified atom stereocenters. The number of hydrogen-bond acceptors (Lipinski definition) is 3. The highest BCUT2D eigenvalue weighted by Crippen LogP contribution is 2.27. The van der Waals surface area contributed by atoms with E-state index in [0.29, 0.717) is 12.8 Å². The van der Waals surface area contributed by atoms with Gasteiger partial charge < -0.3 is 10.1 Å². The van der Waals surface area contributed by atoms with Gasteiger partial charge >= 0.3 is 5.97 Å². The first kappa shape index (κ1) is 12.9. The van der Waals surface area contributed by atoms with Crippen molar-refractivity contribution in [1.29, 1.82) is 0 Å². The van der Waals surface area contributed by atoms with Crippen molar-refractivity contribution >= 4 is 28.3 Å². The fourth-order valence-electron chi connectivity index (χ4n) is 2.18. The van der Waals surface area contributed by atoms with Crippen LogP contribution in [0.1, 0.15) is 18.7 Å². The minimum atomic E-state index is -0.763. The molecule has 20 heavy (non-hydrogen) atoms. The van der Waals surface area contributed by atoms with Crippen molar-refractivity contribution in [2.45, 2.75) is 19.3 Å². The van der Waals surface area contributed by atoms with Crippen LogP contribution >= 0.6 is 11.3 Å². The van der Waals surface area contributed by atoms with Crippen LogP contribution < -0.4 is 0 Å². The third-order valence-corrected chi connectivity index (χ3v) is 4.06. The number of nitrogens with one attached hydrogen (secondary N) is 1. The average Bonchev–Trinajstić information content (AvgIpc) is 3.06. The second-order valence-corrected chi connectivity index (χ2v) is 5.59.